The van der Waals surface area contributed by atoms with Gasteiger partial charge in [-0.2, -0.15) is 0 Å². The second-order valence-electron chi connectivity index (χ2n) is 7.63. The van der Waals surface area contributed by atoms with Gasteiger partial charge in [0.25, 0.3) is 5.91 Å². The molecular weight excluding hydrogens is 510 g/mol. The minimum absolute atomic E-state index is 0.0287. The molecule has 9 heteroatoms. The van der Waals surface area contributed by atoms with Crippen molar-refractivity contribution in [2.24, 2.45) is 0 Å². The molecular formula is C26H21Cl2FN2O3S. The van der Waals surface area contributed by atoms with E-state index in [0.717, 1.165) is 0 Å². The van der Waals surface area contributed by atoms with Crippen LogP contribution in [0.3, 0.4) is 0 Å². The summed E-state index contributed by atoms with van der Waals surface area (Å²) in [5.74, 6) is 0.279. The summed E-state index contributed by atoms with van der Waals surface area (Å²) in [5.41, 5.74) is 1.96. The fraction of sp³-hybridized carbons (Fsp3) is 0.154. The van der Waals surface area contributed by atoms with Gasteiger partial charge >= 0.3 is 0 Å². The third-order valence-corrected chi connectivity index (χ3v) is 6.34. The van der Waals surface area contributed by atoms with Crippen LogP contribution in [0, 0.1) is 5.82 Å². The van der Waals surface area contributed by atoms with Crippen LogP contribution in [0.25, 0.3) is 6.08 Å². The summed E-state index contributed by atoms with van der Waals surface area (Å²) in [6, 6.07) is 16.7. The van der Waals surface area contributed by atoms with Gasteiger partial charge in [0.2, 0.25) is 0 Å². The van der Waals surface area contributed by atoms with E-state index in [1.807, 2.05) is 6.92 Å². The second kappa shape index (κ2) is 10.6. The van der Waals surface area contributed by atoms with Gasteiger partial charge < -0.3 is 14.4 Å². The largest absolute Gasteiger partial charge is 0.494 e. The summed E-state index contributed by atoms with van der Waals surface area (Å²) < 4.78 is 25.0. The van der Waals surface area contributed by atoms with E-state index in [1.54, 1.807) is 72.6 Å². The third-order valence-electron chi connectivity index (χ3n) is 5.32. The highest BCUT2D eigenvalue weighted by molar-refractivity contribution is 7.80. The van der Waals surface area contributed by atoms with Crippen LogP contribution < -0.4 is 14.4 Å². The molecule has 5 nitrogen and oxygen atoms in total. The van der Waals surface area contributed by atoms with Crippen molar-refractivity contribution in [1.29, 1.82) is 0 Å². The predicted octanol–water partition coefficient (Wildman–Crippen LogP) is 6.71. The van der Waals surface area contributed by atoms with Gasteiger partial charge in [-0.3, -0.25) is 9.69 Å². The fourth-order valence-electron chi connectivity index (χ4n) is 3.57. The number of hydrogen-bond acceptors (Lipinski definition) is 4. The summed E-state index contributed by atoms with van der Waals surface area (Å²) in [7, 11) is 1.72. The Morgan fingerprint density at radius 2 is 1.69 bits per heavy atom. The van der Waals surface area contributed by atoms with E-state index in [-0.39, 0.29) is 34.1 Å². The number of likely N-dealkylation sites (N-methyl/N-ethyl adjacent to an activating group) is 1. The lowest BCUT2D eigenvalue weighted by molar-refractivity contribution is -0.114. The number of anilines is 1. The second-order valence-corrected chi connectivity index (χ2v) is 8.81. The van der Waals surface area contributed by atoms with Gasteiger partial charge in [0, 0.05) is 12.6 Å². The number of halogens is 3. The molecule has 0 spiro atoms. The van der Waals surface area contributed by atoms with Crippen LogP contribution in [0.1, 0.15) is 18.1 Å². The fourth-order valence-corrected chi connectivity index (χ4v) is 4.47. The van der Waals surface area contributed by atoms with Crippen LogP contribution in [-0.2, 0) is 11.4 Å². The molecule has 1 heterocycles. The zero-order valence-corrected chi connectivity index (χ0v) is 21.3. The van der Waals surface area contributed by atoms with Crippen LogP contribution >= 0.6 is 35.4 Å². The number of thiocarbonyl (C=S) groups is 1. The molecule has 0 aliphatic carbocycles. The third kappa shape index (κ3) is 5.27. The quantitative estimate of drug-likeness (QED) is 0.250. The molecule has 35 heavy (non-hydrogen) atoms. The molecule has 0 radical (unpaired) electrons. The summed E-state index contributed by atoms with van der Waals surface area (Å²) in [4.78, 5) is 16.3. The molecule has 0 bridgehead atoms. The standard InChI is InChI=1S/C26H21Cl2FN2O3S/c1-3-33-19-10-8-18(9-11-19)31-25(32)23(30(2)26(31)35)14-16-12-20(27)24(21(28)13-16)34-15-17-6-4-5-7-22(17)29/h4-14H,3,15H2,1-2H3/b23-14-. The van der Waals surface area contributed by atoms with E-state index < -0.39 is 0 Å². The lowest BCUT2D eigenvalue weighted by Crippen LogP contribution is -2.31. The van der Waals surface area contributed by atoms with Gasteiger partial charge in [-0.25, -0.2) is 4.39 Å². The number of amides is 1. The molecule has 3 aromatic rings. The molecule has 1 saturated heterocycles. The molecule has 4 rings (SSSR count). The van der Waals surface area contributed by atoms with E-state index in [9.17, 15) is 9.18 Å². The number of carbonyl (C=O) groups excluding carboxylic acids is 1. The molecule has 3 aromatic carbocycles. The van der Waals surface area contributed by atoms with Crippen molar-refractivity contribution >= 4 is 58.2 Å². The van der Waals surface area contributed by atoms with Crippen LogP contribution in [0.5, 0.6) is 11.5 Å². The highest BCUT2D eigenvalue weighted by Crippen LogP contribution is 2.36. The summed E-state index contributed by atoms with van der Waals surface area (Å²) >= 11 is 18.3. The number of ether oxygens (including phenoxy) is 2. The highest BCUT2D eigenvalue weighted by Gasteiger charge is 2.36. The van der Waals surface area contributed by atoms with Crippen molar-refractivity contribution in [2.45, 2.75) is 13.5 Å². The molecule has 0 saturated carbocycles. The van der Waals surface area contributed by atoms with Gasteiger partial charge in [0.05, 0.1) is 22.3 Å². The zero-order valence-electron chi connectivity index (χ0n) is 18.9. The van der Waals surface area contributed by atoms with Gasteiger partial charge in [-0.15, -0.1) is 0 Å². The first kappa shape index (κ1) is 25.0. The first-order valence-corrected chi connectivity index (χ1v) is 11.9. The molecule has 0 aromatic heterocycles. The van der Waals surface area contributed by atoms with Crippen LogP contribution in [0.4, 0.5) is 10.1 Å². The lowest BCUT2D eigenvalue weighted by atomic mass is 10.1. The zero-order chi connectivity index (χ0) is 25.1. The summed E-state index contributed by atoms with van der Waals surface area (Å²) in [6.45, 7) is 2.42. The minimum atomic E-state index is -0.378. The van der Waals surface area contributed by atoms with Crippen molar-refractivity contribution in [3.05, 3.63) is 93.4 Å². The SMILES string of the molecule is CCOc1ccc(N2C(=O)/C(=C/c3cc(Cl)c(OCc4ccccc4F)c(Cl)c3)N(C)C2=S)cc1. The molecule has 180 valence electrons. The highest BCUT2D eigenvalue weighted by atomic mass is 35.5. The molecule has 1 amide bonds. The van der Waals surface area contributed by atoms with E-state index in [2.05, 4.69) is 0 Å². The Hall–Kier alpha value is -3.13. The molecule has 1 fully saturated rings. The van der Waals surface area contributed by atoms with E-state index >= 15 is 0 Å². The number of rotatable bonds is 7. The normalized spacial score (nSPS) is 14.7. The van der Waals surface area contributed by atoms with E-state index in [1.165, 1.54) is 11.0 Å². The average molecular weight is 531 g/mol. The van der Waals surface area contributed by atoms with E-state index in [0.29, 0.717) is 40.0 Å². The Bertz CT molecular complexity index is 1290. The first-order valence-electron chi connectivity index (χ1n) is 10.7. The Morgan fingerprint density at radius 1 is 1.03 bits per heavy atom. The monoisotopic (exact) mass is 530 g/mol. The van der Waals surface area contributed by atoms with E-state index in [4.69, 9.17) is 44.9 Å². The molecule has 0 N–H and O–H groups in total. The van der Waals surface area contributed by atoms with Gasteiger partial charge in [0.15, 0.2) is 10.9 Å². The number of carbonyl (C=O) groups is 1. The van der Waals surface area contributed by atoms with Crippen LogP contribution in [-0.4, -0.2) is 29.6 Å². The van der Waals surface area contributed by atoms with Gasteiger partial charge in [-0.1, -0.05) is 41.4 Å². The molecule has 0 atom stereocenters. The van der Waals surface area contributed by atoms with Crippen molar-refractivity contribution in [1.82, 2.24) is 4.90 Å². The van der Waals surface area contributed by atoms with Gasteiger partial charge in [0.1, 0.15) is 23.9 Å². The van der Waals surface area contributed by atoms with Crippen LogP contribution in [0.15, 0.2) is 66.4 Å². The number of hydrogen-bond donors (Lipinski definition) is 0. The number of benzene rings is 3. The average Bonchev–Trinajstić information content (AvgIpc) is 3.03. The maximum Gasteiger partial charge on any atom is 0.281 e. The minimum Gasteiger partial charge on any atom is -0.494 e. The lowest BCUT2D eigenvalue weighted by Gasteiger charge is -2.16. The molecule has 1 aliphatic heterocycles. The molecule has 0 unspecified atom stereocenters. The molecule has 1 aliphatic rings. The predicted molar refractivity (Wildman–Crippen MR) is 141 cm³/mol. The maximum absolute atomic E-state index is 13.9. The Morgan fingerprint density at radius 3 is 2.31 bits per heavy atom. The van der Waals surface area contributed by atoms with Crippen molar-refractivity contribution in [3.63, 3.8) is 0 Å². The van der Waals surface area contributed by atoms with Crippen LogP contribution in [0.2, 0.25) is 10.0 Å². The Balaban J connectivity index is 1.57. The van der Waals surface area contributed by atoms with Crippen molar-refractivity contribution in [3.8, 4) is 11.5 Å². The van der Waals surface area contributed by atoms with Crippen molar-refractivity contribution in [2.75, 3.05) is 18.6 Å². The van der Waals surface area contributed by atoms with Gasteiger partial charge in [-0.05, 0) is 73.2 Å². The summed E-state index contributed by atoms with van der Waals surface area (Å²) in [5, 5.41) is 0.812. The van der Waals surface area contributed by atoms with Crippen molar-refractivity contribution < 1.29 is 18.7 Å². The first-order chi connectivity index (χ1) is 16.8. The Kier molecular flexibility index (Phi) is 7.60. The number of nitrogens with zero attached hydrogens (tertiary/aromatic N) is 2. The maximum atomic E-state index is 13.9. The Labute approximate surface area is 218 Å². The summed E-state index contributed by atoms with van der Waals surface area (Å²) in [6.07, 6.45) is 1.65. The topological polar surface area (TPSA) is 42.0 Å². The smallest absolute Gasteiger partial charge is 0.281 e.